The number of carbonyl (C=O) groups excluding carboxylic acids is 1. The molecule has 0 aliphatic carbocycles. The van der Waals surface area contributed by atoms with Crippen LogP contribution < -0.4 is 10.6 Å². The quantitative estimate of drug-likeness (QED) is 0.474. The van der Waals surface area contributed by atoms with Crippen molar-refractivity contribution in [1.82, 2.24) is 10.6 Å². The van der Waals surface area contributed by atoms with Crippen LogP contribution in [0.2, 0.25) is 0 Å². The summed E-state index contributed by atoms with van der Waals surface area (Å²) in [6.07, 6.45) is 1.64. The third-order valence-corrected chi connectivity index (χ3v) is 1.61. The Balaban J connectivity index is 2.17. The highest BCUT2D eigenvalue weighted by Gasteiger charge is 2.11. The van der Waals surface area contributed by atoms with Crippen LogP contribution in [0.15, 0.2) is 4.99 Å². The lowest BCUT2D eigenvalue weighted by molar-refractivity contribution is 0.246. The molecule has 0 fully saturated rings. The monoisotopic (exact) mass is 171 g/mol. The highest BCUT2D eigenvalue weighted by atomic mass is 16.3. The Morgan fingerprint density at radius 3 is 3.25 bits per heavy atom. The van der Waals surface area contributed by atoms with E-state index in [-0.39, 0.29) is 18.6 Å². The lowest BCUT2D eigenvalue weighted by atomic mass is 10.1. The van der Waals surface area contributed by atoms with Crippen LogP contribution in [0.1, 0.15) is 0 Å². The molecule has 5 heteroatoms. The van der Waals surface area contributed by atoms with Crippen molar-refractivity contribution in [3.8, 4) is 0 Å². The largest absolute Gasteiger partial charge is 0.395 e. The molecule has 3 N–H and O–H groups in total. The van der Waals surface area contributed by atoms with Crippen LogP contribution in [0, 0.1) is 5.92 Å². The van der Waals surface area contributed by atoms with Crippen molar-refractivity contribution in [1.29, 1.82) is 0 Å². The second-order valence-corrected chi connectivity index (χ2v) is 2.65. The van der Waals surface area contributed by atoms with Crippen molar-refractivity contribution in [2.24, 2.45) is 10.9 Å². The Hall–Kier alpha value is -0.940. The molecule has 0 spiro atoms. The van der Waals surface area contributed by atoms with Gasteiger partial charge in [0.15, 0.2) is 0 Å². The molecule has 1 atom stereocenters. The number of aliphatic imine (C=N–C) groups is 1. The smallest absolute Gasteiger partial charge is 0.340 e. The molecular formula is C7H13N3O2. The predicted octanol–water partition coefficient (Wildman–Crippen LogP) is -1.02. The maximum Gasteiger partial charge on any atom is 0.340 e. The van der Waals surface area contributed by atoms with Gasteiger partial charge in [0.1, 0.15) is 0 Å². The van der Waals surface area contributed by atoms with Gasteiger partial charge in [-0.15, -0.1) is 0 Å². The van der Waals surface area contributed by atoms with E-state index in [0.29, 0.717) is 13.1 Å². The first-order valence-electron chi connectivity index (χ1n) is 3.96. The number of carbonyl (C=O) groups is 1. The Labute approximate surface area is 70.9 Å². The molecule has 0 aromatic rings. The number of aliphatic hydroxyl groups excluding tert-OH is 1. The van der Waals surface area contributed by atoms with Crippen LogP contribution in [-0.4, -0.2) is 43.6 Å². The van der Waals surface area contributed by atoms with Crippen molar-refractivity contribution < 1.29 is 9.90 Å². The third kappa shape index (κ3) is 2.98. The average molecular weight is 171 g/mol. The number of amides is 2. The molecule has 12 heavy (non-hydrogen) atoms. The summed E-state index contributed by atoms with van der Waals surface area (Å²) in [5, 5.41) is 14.1. The number of hydrogen-bond donors (Lipinski definition) is 3. The first-order valence-corrected chi connectivity index (χ1v) is 3.96. The van der Waals surface area contributed by atoms with E-state index in [0.717, 1.165) is 6.54 Å². The molecule has 5 nitrogen and oxygen atoms in total. The van der Waals surface area contributed by atoms with Crippen LogP contribution >= 0.6 is 0 Å². The van der Waals surface area contributed by atoms with Crippen molar-refractivity contribution in [2.75, 3.05) is 26.2 Å². The zero-order chi connectivity index (χ0) is 8.81. The SMILES string of the molecule is O=C1N=CC(CNCCO)CN1. The summed E-state index contributed by atoms with van der Waals surface area (Å²) < 4.78 is 0. The van der Waals surface area contributed by atoms with Crippen molar-refractivity contribution >= 4 is 12.2 Å². The lowest BCUT2D eigenvalue weighted by Gasteiger charge is -2.16. The summed E-state index contributed by atoms with van der Waals surface area (Å²) in [5.41, 5.74) is 0. The molecule has 2 amide bonds. The zero-order valence-corrected chi connectivity index (χ0v) is 6.79. The minimum atomic E-state index is -0.270. The van der Waals surface area contributed by atoms with Crippen LogP contribution in [0.4, 0.5) is 4.79 Å². The van der Waals surface area contributed by atoms with Crippen molar-refractivity contribution in [3.05, 3.63) is 0 Å². The van der Waals surface area contributed by atoms with Gasteiger partial charge in [-0.1, -0.05) is 0 Å². The first kappa shape index (κ1) is 9.15. The molecule has 1 unspecified atom stereocenters. The van der Waals surface area contributed by atoms with E-state index in [2.05, 4.69) is 15.6 Å². The van der Waals surface area contributed by atoms with Crippen LogP contribution in [0.3, 0.4) is 0 Å². The fourth-order valence-electron chi connectivity index (χ4n) is 0.981. The summed E-state index contributed by atoms with van der Waals surface area (Å²) in [6, 6.07) is -0.270. The van der Waals surface area contributed by atoms with Gasteiger partial charge in [-0.05, 0) is 0 Å². The predicted molar refractivity (Wildman–Crippen MR) is 45.3 cm³/mol. The number of hydrogen-bond acceptors (Lipinski definition) is 3. The molecule has 0 saturated heterocycles. The summed E-state index contributed by atoms with van der Waals surface area (Å²) in [4.78, 5) is 14.2. The van der Waals surface area contributed by atoms with Gasteiger partial charge < -0.3 is 15.7 Å². The number of urea groups is 1. The van der Waals surface area contributed by atoms with E-state index >= 15 is 0 Å². The highest BCUT2D eigenvalue weighted by molar-refractivity contribution is 5.86. The number of nitrogens with zero attached hydrogens (tertiary/aromatic N) is 1. The van der Waals surface area contributed by atoms with E-state index in [1.807, 2.05) is 0 Å². The van der Waals surface area contributed by atoms with E-state index < -0.39 is 0 Å². The molecule has 1 aliphatic rings. The van der Waals surface area contributed by atoms with Gasteiger partial charge in [0.25, 0.3) is 0 Å². The molecule has 0 aromatic carbocycles. The van der Waals surface area contributed by atoms with Crippen LogP contribution in [0.25, 0.3) is 0 Å². The van der Waals surface area contributed by atoms with Gasteiger partial charge in [0.05, 0.1) is 6.61 Å². The van der Waals surface area contributed by atoms with Gasteiger partial charge in [-0.3, -0.25) is 0 Å². The lowest BCUT2D eigenvalue weighted by Crippen LogP contribution is -2.38. The van der Waals surface area contributed by atoms with Gasteiger partial charge in [0.2, 0.25) is 0 Å². The number of rotatable bonds is 4. The van der Waals surface area contributed by atoms with E-state index in [1.165, 1.54) is 0 Å². The summed E-state index contributed by atoms with van der Waals surface area (Å²) in [6.45, 7) is 2.08. The van der Waals surface area contributed by atoms with Crippen molar-refractivity contribution in [2.45, 2.75) is 0 Å². The standard InChI is InChI=1S/C7H13N3O2/c11-2-1-8-3-6-4-9-7(12)10-5-6/h4,6,8,11H,1-3,5H2,(H,10,12). The molecular weight excluding hydrogens is 158 g/mol. The molecule has 68 valence electrons. The highest BCUT2D eigenvalue weighted by Crippen LogP contribution is 1.94. The molecule has 0 aromatic heterocycles. The molecule has 1 aliphatic heterocycles. The molecule has 0 saturated carbocycles. The Bertz CT molecular complexity index is 181. The number of nitrogens with one attached hydrogen (secondary N) is 2. The summed E-state index contributed by atoms with van der Waals surface area (Å²) >= 11 is 0. The van der Waals surface area contributed by atoms with Gasteiger partial charge in [-0.2, -0.15) is 0 Å². The summed E-state index contributed by atoms with van der Waals surface area (Å²) in [7, 11) is 0. The van der Waals surface area contributed by atoms with E-state index in [9.17, 15) is 4.79 Å². The summed E-state index contributed by atoms with van der Waals surface area (Å²) in [5.74, 6) is 0.245. The van der Waals surface area contributed by atoms with E-state index in [4.69, 9.17) is 5.11 Å². The van der Waals surface area contributed by atoms with Gasteiger partial charge in [0, 0.05) is 31.8 Å². The fraction of sp³-hybridized carbons (Fsp3) is 0.714. The zero-order valence-electron chi connectivity index (χ0n) is 6.79. The van der Waals surface area contributed by atoms with Crippen LogP contribution in [-0.2, 0) is 0 Å². The second kappa shape index (κ2) is 4.84. The average Bonchev–Trinajstić information content (AvgIpc) is 2.09. The molecule has 0 bridgehead atoms. The fourth-order valence-corrected chi connectivity index (χ4v) is 0.981. The normalized spacial score (nSPS) is 22.4. The van der Waals surface area contributed by atoms with E-state index in [1.54, 1.807) is 6.21 Å². The van der Waals surface area contributed by atoms with Crippen molar-refractivity contribution in [3.63, 3.8) is 0 Å². The maximum absolute atomic E-state index is 10.6. The second-order valence-electron chi connectivity index (χ2n) is 2.65. The first-order chi connectivity index (χ1) is 5.83. The minimum Gasteiger partial charge on any atom is -0.395 e. The topological polar surface area (TPSA) is 73.7 Å². The van der Waals surface area contributed by atoms with Gasteiger partial charge >= 0.3 is 6.03 Å². The Morgan fingerprint density at radius 1 is 1.83 bits per heavy atom. The maximum atomic E-state index is 10.6. The molecule has 0 radical (unpaired) electrons. The van der Waals surface area contributed by atoms with Crippen LogP contribution in [0.5, 0.6) is 0 Å². The Kier molecular flexibility index (Phi) is 3.69. The molecule has 1 rings (SSSR count). The Morgan fingerprint density at radius 2 is 2.67 bits per heavy atom. The molecule has 1 heterocycles. The third-order valence-electron chi connectivity index (χ3n) is 1.61. The minimum absolute atomic E-state index is 0.135. The van der Waals surface area contributed by atoms with Gasteiger partial charge in [-0.25, -0.2) is 9.79 Å². The number of aliphatic hydroxyl groups is 1.